The SMILES string of the molecule is CN1C2COCC1CC(NC(=O)c1cccc3oc(Nc4ccccc4)nc13)C2.Cl. The fourth-order valence-corrected chi connectivity index (χ4v) is 4.31. The van der Waals surface area contributed by atoms with E-state index in [2.05, 4.69) is 27.6 Å². The van der Waals surface area contributed by atoms with Gasteiger partial charge >= 0.3 is 0 Å². The molecule has 5 rings (SSSR count). The average molecular weight is 429 g/mol. The molecule has 3 aromatic rings. The topological polar surface area (TPSA) is 79.6 Å². The zero-order chi connectivity index (χ0) is 19.8. The lowest BCUT2D eigenvalue weighted by Gasteiger charge is -2.46. The molecule has 2 fully saturated rings. The van der Waals surface area contributed by atoms with E-state index in [0.29, 0.717) is 34.8 Å². The Hall–Kier alpha value is -2.61. The van der Waals surface area contributed by atoms with Crippen LogP contribution in [0.25, 0.3) is 11.1 Å². The van der Waals surface area contributed by atoms with Crippen molar-refractivity contribution in [3.05, 3.63) is 54.1 Å². The number of morpholine rings is 1. The molecule has 0 radical (unpaired) electrons. The number of rotatable bonds is 4. The molecule has 2 unspecified atom stereocenters. The van der Waals surface area contributed by atoms with Gasteiger partial charge in [0.15, 0.2) is 5.58 Å². The van der Waals surface area contributed by atoms with Gasteiger partial charge in [0.25, 0.3) is 11.9 Å². The Morgan fingerprint density at radius 1 is 1.07 bits per heavy atom. The van der Waals surface area contributed by atoms with Gasteiger partial charge in [0.2, 0.25) is 0 Å². The summed E-state index contributed by atoms with van der Waals surface area (Å²) in [6, 6.07) is 16.4. The first-order chi connectivity index (χ1) is 14.2. The van der Waals surface area contributed by atoms with Crippen molar-refractivity contribution < 1.29 is 13.9 Å². The average Bonchev–Trinajstić information content (AvgIpc) is 3.12. The van der Waals surface area contributed by atoms with Gasteiger partial charge in [-0.1, -0.05) is 24.3 Å². The standard InChI is InChI=1S/C22H24N4O3.ClH/c1-26-16-10-15(11-17(26)13-28-12-16)23-21(27)18-8-5-9-19-20(18)25-22(29-19)24-14-6-3-2-4-7-14;/h2-9,15-17H,10-13H2,1H3,(H,23,27)(H,24,25);1H. The molecular weight excluding hydrogens is 404 g/mol. The molecule has 1 aromatic heterocycles. The first-order valence-electron chi connectivity index (χ1n) is 9.99. The number of piperidine rings is 1. The number of anilines is 2. The molecule has 0 spiro atoms. The molecule has 2 aromatic carbocycles. The quantitative estimate of drug-likeness (QED) is 0.661. The van der Waals surface area contributed by atoms with Crippen LogP contribution in [0.2, 0.25) is 0 Å². The maximum Gasteiger partial charge on any atom is 0.300 e. The van der Waals surface area contributed by atoms with Crippen LogP contribution in [0.3, 0.4) is 0 Å². The number of hydrogen-bond acceptors (Lipinski definition) is 6. The highest BCUT2D eigenvalue weighted by molar-refractivity contribution is 6.04. The molecule has 3 heterocycles. The molecule has 0 saturated carbocycles. The molecule has 158 valence electrons. The maximum absolute atomic E-state index is 13.0. The molecule has 1 amide bonds. The highest BCUT2D eigenvalue weighted by Gasteiger charge is 2.37. The highest BCUT2D eigenvalue weighted by atomic mass is 35.5. The lowest BCUT2D eigenvalue weighted by Crippen LogP contribution is -2.59. The van der Waals surface area contributed by atoms with Crippen molar-refractivity contribution in [2.45, 2.75) is 31.0 Å². The van der Waals surface area contributed by atoms with E-state index in [1.807, 2.05) is 42.5 Å². The van der Waals surface area contributed by atoms with Crippen molar-refractivity contribution in [3.8, 4) is 0 Å². The van der Waals surface area contributed by atoms with Gasteiger partial charge in [0.1, 0.15) is 5.52 Å². The zero-order valence-electron chi connectivity index (χ0n) is 16.7. The van der Waals surface area contributed by atoms with E-state index < -0.39 is 0 Å². The van der Waals surface area contributed by atoms with Crippen LogP contribution < -0.4 is 10.6 Å². The van der Waals surface area contributed by atoms with E-state index in [1.165, 1.54) is 0 Å². The van der Waals surface area contributed by atoms with Gasteiger partial charge in [0, 0.05) is 23.8 Å². The van der Waals surface area contributed by atoms with Crippen LogP contribution in [0.1, 0.15) is 23.2 Å². The lowest BCUT2D eigenvalue weighted by molar-refractivity contribution is -0.0670. The predicted molar refractivity (Wildman–Crippen MR) is 118 cm³/mol. The zero-order valence-corrected chi connectivity index (χ0v) is 17.5. The Morgan fingerprint density at radius 3 is 2.53 bits per heavy atom. The first-order valence-corrected chi connectivity index (χ1v) is 9.99. The fourth-order valence-electron chi connectivity index (χ4n) is 4.31. The van der Waals surface area contributed by atoms with Gasteiger partial charge in [-0.3, -0.25) is 9.69 Å². The summed E-state index contributed by atoms with van der Waals surface area (Å²) in [6.07, 6.45) is 1.79. The predicted octanol–water partition coefficient (Wildman–Crippen LogP) is 3.58. The Labute approximate surface area is 181 Å². The van der Waals surface area contributed by atoms with Crippen molar-refractivity contribution in [3.63, 3.8) is 0 Å². The Morgan fingerprint density at radius 2 is 1.80 bits per heavy atom. The summed E-state index contributed by atoms with van der Waals surface area (Å²) in [5, 5.41) is 6.36. The van der Waals surface area contributed by atoms with Gasteiger partial charge in [-0.25, -0.2) is 0 Å². The van der Waals surface area contributed by atoms with Crippen molar-refractivity contribution >= 4 is 41.1 Å². The number of carbonyl (C=O) groups is 1. The number of hydrogen-bond donors (Lipinski definition) is 2. The van der Waals surface area contributed by atoms with E-state index in [-0.39, 0.29) is 24.4 Å². The molecule has 2 aliphatic heterocycles. The summed E-state index contributed by atoms with van der Waals surface area (Å²) < 4.78 is 11.5. The van der Waals surface area contributed by atoms with Crippen molar-refractivity contribution in [1.29, 1.82) is 0 Å². The van der Waals surface area contributed by atoms with Crippen LogP contribution in [0.5, 0.6) is 0 Å². The molecule has 8 heteroatoms. The molecule has 0 aliphatic carbocycles. The van der Waals surface area contributed by atoms with E-state index >= 15 is 0 Å². The van der Waals surface area contributed by atoms with Gasteiger partial charge < -0.3 is 19.8 Å². The molecule has 2 saturated heterocycles. The highest BCUT2D eigenvalue weighted by Crippen LogP contribution is 2.28. The van der Waals surface area contributed by atoms with Crippen molar-refractivity contribution in [2.24, 2.45) is 0 Å². The van der Waals surface area contributed by atoms with Crippen molar-refractivity contribution in [1.82, 2.24) is 15.2 Å². The first kappa shape index (κ1) is 20.7. The monoisotopic (exact) mass is 428 g/mol. The van der Waals surface area contributed by atoms with Gasteiger partial charge in [-0.2, -0.15) is 4.98 Å². The summed E-state index contributed by atoms with van der Waals surface area (Å²) in [5.41, 5.74) is 2.57. The number of oxazole rings is 1. The lowest BCUT2D eigenvalue weighted by atomic mass is 9.90. The Bertz CT molecular complexity index is 1010. The van der Waals surface area contributed by atoms with Gasteiger partial charge in [-0.15, -0.1) is 12.4 Å². The molecule has 2 atom stereocenters. The summed E-state index contributed by atoms with van der Waals surface area (Å²) in [6.45, 7) is 1.46. The van der Waals surface area contributed by atoms with Gasteiger partial charge in [0.05, 0.1) is 18.8 Å². The van der Waals surface area contributed by atoms with Crippen LogP contribution in [-0.4, -0.2) is 54.2 Å². The summed E-state index contributed by atoms with van der Waals surface area (Å²) in [7, 11) is 2.15. The minimum Gasteiger partial charge on any atom is -0.423 e. The number of nitrogens with one attached hydrogen (secondary N) is 2. The van der Waals surface area contributed by atoms with Crippen LogP contribution in [0.15, 0.2) is 52.9 Å². The third kappa shape index (κ3) is 4.01. The number of likely N-dealkylation sites (N-methyl/N-ethyl adjacent to an activating group) is 1. The molecule has 7 nitrogen and oxygen atoms in total. The molecule has 2 aliphatic rings. The molecule has 2 N–H and O–H groups in total. The number of halogens is 1. The summed E-state index contributed by atoms with van der Waals surface area (Å²) >= 11 is 0. The molecular formula is C22H25ClN4O3. The minimum absolute atomic E-state index is 0. The normalized spacial score (nSPS) is 23.6. The third-order valence-electron chi connectivity index (χ3n) is 5.91. The molecule has 30 heavy (non-hydrogen) atoms. The number of ether oxygens (including phenoxy) is 1. The van der Waals surface area contributed by atoms with Crippen LogP contribution in [0.4, 0.5) is 11.7 Å². The number of para-hydroxylation sites is 2. The number of amides is 1. The van der Waals surface area contributed by atoms with E-state index in [4.69, 9.17) is 9.15 Å². The van der Waals surface area contributed by atoms with E-state index in [0.717, 1.165) is 31.7 Å². The maximum atomic E-state index is 13.0. The van der Waals surface area contributed by atoms with E-state index in [1.54, 1.807) is 6.07 Å². The number of nitrogens with zero attached hydrogens (tertiary/aromatic N) is 2. The van der Waals surface area contributed by atoms with Crippen LogP contribution in [0, 0.1) is 0 Å². The second-order valence-corrected chi connectivity index (χ2v) is 7.81. The number of fused-ring (bicyclic) bond motifs is 3. The largest absolute Gasteiger partial charge is 0.423 e. The summed E-state index contributed by atoms with van der Waals surface area (Å²) in [5.74, 6) is -0.108. The minimum atomic E-state index is -0.108. The second-order valence-electron chi connectivity index (χ2n) is 7.81. The Balaban J connectivity index is 0.00000218. The van der Waals surface area contributed by atoms with E-state index in [9.17, 15) is 4.79 Å². The number of carbonyl (C=O) groups excluding carboxylic acids is 1. The van der Waals surface area contributed by atoms with Gasteiger partial charge in [-0.05, 0) is 44.2 Å². The van der Waals surface area contributed by atoms with Crippen LogP contribution >= 0.6 is 12.4 Å². The number of aromatic nitrogens is 1. The smallest absolute Gasteiger partial charge is 0.300 e. The third-order valence-corrected chi connectivity index (χ3v) is 5.91. The molecule has 2 bridgehead atoms. The number of benzene rings is 2. The Kier molecular flexibility index (Phi) is 5.94. The van der Waals surface area contributed by atoms with Crippen molar-refractivity contribution in [2.75, 3.05) is 25.6 Å². The fraction of sp³-hybridized carbons (Fsp3) is 0.364. The second kappa shape index (κ2) is 8.63. The summed E-state index contributed by atoms with van der Waals surface area (Å²) in [4.78, 5) is 19.9. The van der Waals surface area contributed by atoms with Crippen LogP contribution in [-0.2, 0) is 4.74 Å².